The van der Waals surface area contributed by atoms with E-state index in [0.29, 0.717) is 11.2 Å². The van der Waals surface area contributed by atoms with Crippen LogP contribution in [0.3, 0.4) is 0 Å². The fourth-order valence-corrected chi connectivity index (χ4v) is 3.17. The molecule has 1 aromatic carbocycles. The van der Waals surface area contributed by atoms with Gasteiger partial charge in [0.05, 0.1) is 0 Å². The molecule has 92 valence electrons. The van der Waals surface area contributed by atoms with Gasteiger partial charge >= 0.3 is 0 Å². The van der Waals surface area contributed by atoms with Crippen molar-refractivity contribution in [2.45, 2.75) is 33.1 Å². The van der Waals surface area contributed by atoms with Crippen LogP contribution < -0.4 is 0 Å². The van der Waals surface area contributed by atoms with Gasteiger partial charge in [0.25, 0.3) is 0 Å². The van der Waals surface area contributed by atoms with Crippen molar-refractivity contribution in [3.8, 4) is 5.75 Å². The first kappa shape index (κ1) is 12.2. The third-order valence-electron chi connectivity index (χ3n) is 4.53. The second-order valence-electron chi connectivity index (χ2n) is 5.79. The van der Waals surface area contributed by atoms with E-state index >= 15 is 0 Å². The smallest absolute Gasteiger partial charge is 0.115 e. The van der Waals surface area contributed by atoms with Crippen molar-refractivity contribution in [1.82, 2.24) is 0 Å². The summed E-state index contributed by atoms with van der Waals surface area (Å²) in [5.41, 5.74) is 2.01. The van der Waals surface area contributed by atoms with Gasteiger partial charge in [0.1, 0.15) is 5.75 Å². The van der Waals surface area contributed by atoms with Crippen molar-refractivity contribution in [3.63, 3.8) is 0 Å². The molecule has 2 fully saturated rings. The number of hydrogen-bond acceptors (Lipinski definition) is 1. The number of hydrogen-bond donors (Lipinski definition) is 1. The molecule has 1 aromatic rings. The van der Waals surface area contributed by atoms with Crippen LogP contribution in [0.5, 0.6) is 5.75 Å². The maximum Gasteiger partial charge on any atom is 0.115 e. The number of fused-ring (bicyclic) bond motifs is 2. The number of para-hydroxylation sites is 1. The normalized spacial score (nSPS) is 28.7. The third kappa shape index (κ3) is 2.38. The van der Waals surface area contributed by atoms with E-state index in [1.807, 2.05) is 6.07 Å². The number of aromatic hydroxyl groups is 1. The highest BCUT2D eigenvalue weighted by atomic mass is 16.3. The maximum atomic E-state index is 8.63. The fraction of sp³-hybridized carbons (Fsp3) is 0.500. The molecule has 2 atom stereocenters. The third-order valence-corrected chi connectivity index (χ3v) is 4.53. The van der Waals surface area contributed by atoms with Crippen LogP contribution in [0.15, 0.2) is 42.5 Å². The van der Waals surface area contributed by atoms with Gasteiger partial charge in [0, 0.05) is 0 Å². The van der Waals surface area contributed by atoms with E-state index in [4.69, 9.17) is 5.11 Å². The van der Waals surface area contributed by atoms with Crippen molar-refractivity contribution in [2.24, 2.45) is 17.3 Å². The van der Waals surface area contributed by atoms with Gasteiger partial charge in [0.2, 0.25) is 0 Å². The van der Waals surface area contributed by atoms with E-state index in [9.17, 15) is 0 Å². The molecule has 0 saturated heterocycles. The maximum absolute atomic E-state index is 8.63. The molecule has 2 unspecified atom stereocenters. The highest BCUT2D eigenvalue weighted by Crippen LogP contribution is 2.58. The predicted molar refractivity (Wildman–Crippen MR) is 71.9 cm³/mol. The van der Waals surface area contributed by atoms with Gasteiger partial charge in [-0.25, -0.2) is 0 Å². The molecule has 0 radical (unpaired) electrons. The Labute approximate surface area is 104 Å². The van der Waals surface area contributed by atoms with Crippen LogP contribution in [0.25, 0.3) is 0 Å². The summed E-state index contributed by atoms with van der Waals surface area (Å²) in [6, 6.07) is 8.71. The molecule has 1 heteroatoms. The summed E-state index contributed by atoms with van der Waals surface area (Å²) >= 11 is 0. The van der Waals surface area contributed by atoms with Gasteiger partial charge in [-0.05, 0) is 48.6 Å². The topological polar surface area (TPSA) is 20.2 Å². The number of allylic oxidation sites excluding steroid dienone is 1. The van der Waals surface area contributed by atoms with Gasteiger partial charge in [-0.2, -0.15) is 0 Å². The Balaban J connectivity index is 0.000000136. The van der Waals surface area contributed by atoms with Crippen molar-refractivity contribution in [2.75, 3.05) is 0 Å². The van der Waals surface area contributed by atoms with Crippen LogP contribution in [-0.4, -0.2) is 5.11 Å². The van der Waals surface area contributed by atoms with Crippen LogP contribution in [0.2, 0.25) is 0 Å². The van der Waals surface area contributed by atoms with Gasteiger partial charge in [-0.1, -0.05) is 44.2 Å². The molecular weight excluding hydrogens is 208 g/mol. The first-order valence-corrected chi connectivity index (χ1v) is 6.45. The van der Waals surface area contributed by atoms with Crippen molar-refractivity contribution < 1.29 is 5.11 Å². The van der Waals surface area contributed by atoms with E-state index in [1.165, 1.54) is 24.8 Å². The second-order valence-corrected chi connectivity index (χ2v) is 5.79. The standard InChI is InChI=1S/C10H16.C6H6O/c1-7-8-4-5-9(6-8)10(7,2)3;7-6-4-2-1-3-5-6/h8-9H,1,4-6H2,2-3H3;1-5,7H. The molecule has 1 N–H and O–H groups in total. The van der Waals surface area contributed by atoms with Crippen LogP contribution in [0, 0.1) is 17.3 Å². The van der Waals surface area contributed by atoms with Crippen LogP contribution >= 0.6 is 0 Å². The highest BCUT2D eigenvalue weighted by molar-refractivity contribution is 5.22. The molecule has 2 aliphatic carbocycles. The van der Waals surface area contributed by atoms with Gasteiger partial charge < -0.3 is 5.11 Å². The summed E-state index contributed by atoms with van der Waals surface area (Å²) in [6.07, 6.45) is 4.31. The summed E-state index contributed by atoms with van der Waals surface area (Å²) in [5, 5.41) is 8.63. The molecule has 17 heavy (non-hydrogen) atoms. The molecule has 1 nitrogen and oxygen atoms in total. The lowest BCUT2D eigenvalue weighted by atomic mass is 9.73. The average Bonchev–Trinajstić information content (AvgIpc) is 2.85. The van der Waals surface area contributed by atoms with Crippen molar-refractivity contribution in [3.05, 3.63) is 42.5 Å². The molecule has 0 spiro atoms. The highest BCUT2D eigenvalue weighted by Gasteiger charge is 2.47. The summed E-state index contributed by atoms with van der Waals surface area (Å²) in [6.45, 7) is 8.91. The quantitative estimate of drug-likeness (QED) is 0.655. The van der Waals surface area contributed by atoms with Crippen LogP contribution in [0.1, 0.15) is 33.1 Å². The molecule has 3 rings (SSSR count). The monoisotopic (exact) mass is 230 g/mol. The number of phenols is 1. The Morgan fingerprint density at radius 2 is 1.82 bits per heavy atom. The minimum atomic E-state index is 0.322. The van der Waals surface area contributed by atoms with E-state index in [1.54, 1.807) is 24.3 Å². The molecule has 2 aliphatic rings. The SMILES string of the molecule is C=C1C2CCC(C2)C1(C)C.Oc1ccccc1. The lowest BCUT2D eigenvalue weighted by Crippen LogP contribution is -2.21. The van der Waals surface area contributed by atoms with Gasteiger partial charge in [-0.15, -0.1) is 0 Å². The first-order chi connectivity index (χ1) is 8.01. The number of benzene rings is 1. The van der Waals surface area contributed by atoms with E-state index in [0.717, 1.165) is 11.8 Å². The Bertz CT molecular complexity index is 391. The zero-order valence-electron chi connectivity index (χ0n) is 10.8. The number of phenolic OH excluding ortho intramolecular Hbond substituents is 1. The molecule has 0 heterocycles. The molecule has 2 bridgehead atoms. The summed E-state index contributed by atoms with van der Waals surface area (Å²) < 4.78 is 0. The summed E-state index contributed by atoms with van der Waals surface area (Å²) in [7, 11) is 0. The average molecular weight is 230 g/mol. The minimum Gasteiger partial charge on any atom is -0.508 e. The molecule has 0 aromatic heterocycles. The Morgan fingerprint density at radius 3 is 2.12 bits per heavy atom. The van der Waals surface area contributed by atoms with Gasteiger partial charge in [-0.3, -0.25) is 0 Å². The largest absolute Gasteiger partial charge is 0.508 e. The molecule has 2 saturated carbocycles. The van der Waals surface area contributed by atoms with Crippen molar-refractivity contribution in [1.29, 1.82) is 0 Å². The zero-order chi connectivity index (χ0) is 12.5. The summed E-state index contributed by atoms with van der Waals surface area (Å²) in [5.74, 6) is 2.17. The first-order valence-electron chi connectivity index (χ1n) is 6.45. The second kappa shape index (κ2) is 4.56. The molecule has 0 amide bonds. The zero-order valence-corrected chi connectivity index (χ0v) is 10.8. The lowest BCUT2D eigenvalue weighted by molar-refractivity contribution is 0.289. The Kier molecular flexibility index (Phi) is 3.28. The fourth-order valence-electron chi connectivity index (χ4n) is 3.17. The molecular formula is C16H22O. The Morgan fingerprint density at radius 1 is 1.18 bits per heavy atom. The van der Waals surface area contributed by atoms with Crippen LogP contribution in [0.4, 0.5) is 0 Å². The number of rotatable bonds is 0. The van der Waals surface area contributed by atoms with E-state index in [2.05, 4.69) is 20.4 Å². The van der Waals surface area contributed by atoms with E-state index < -0.39 is 0 Å². The lowest BCUT2D eigenvalue weighted by Gasteiger charge is -2.31. The summed E-state index contributed by atoms with van der Waals surface area (Å²) in [4.78, 5) is 0. The predicted octanol–water partition coefficient (Wildman–Crippen LogP) is 4.39. The van der Waals surface area contributed by atoms with Gasteiger partial charge in [0.15, 0.2) is 0 Å². The minimum absolute atomic E-state index is 0.322. The van der Waals surface area contributed by atoms with Crippen molar-refractivity contribution >= 4 is 0 Å². The molecule has 0 aliphatic heterocycles. The van der Waals surface area contributed by atoms with E-state index in [-0.39, 0.29) is 0 Å². The van der Waals surface area contributed by atoms with Crippen LogP contribution in [-0.2, 0) is 0 Å². The Hall–Kier alpha value is -1.24.